The van der Waals surface area contributed by atoms with E-state index in [0.29, 0.717) is 18.0 Å². The Labute approximate surface area is 144 Å². The molecule has 2 aromatic carbocycles. The highest BCUT2D eigenvalue weighted by atomic mass is 35.5. The summed E-state index contributed by atoms with van der Waals surface area (Å²) >= 11 is 0. The number of benzene rings is 2. The van der Waals surface area contributed by atoms with Crippen LogP contribution in [0.15, 0.2) is 42.5 Å². The fraction of sp³-hybridized carbons (Fsp3) is 0.316. The summed E-state index contributed by atoms with van der Waals surface area (Å²) in [5.41, 5.74) is 10.5. The van der Waals surface area contributed by atoms with E-state index < -0.39 is 0 Å². The van der Waals surface area contributed by atoms with Gasteiger partial charge < -0.3 is 11.1 Å². The average molecular weight is 333 g/mol. The van der Waals surface area contributed by atoms with Gasteiger partial charge in [0.25, 0.3) is 0 Å². The zero-order chi connectivity index (χ0) is 16.1. The predicted octanol–water partition coefficient (Wildman–Crippen LogP) is 4.38. The molecular formula is C19H25ClN2O. The molecule has 3 nitrogen and oxygen atoms in total. The van der Waals surface area contributed by atoms with Crippen LogP contribution in [0.25, 0.3) is 0 Å². The van der Waals surface area contributed by atoms with Gasteiger partial charge in [-0.1, -0.05) is 44.2 Å². The van der Waals surface area contributed by atoms with E-state index in [0.717, 1.165) is 23.2 Å². The first-order valence-corrected chi connectivity index (χ1v) is 7.68. The Balaban J connectivity index is 0.00000264. The van der Waals surface area contributed by atoms with Crippen LogP contribution >= 0.6 is 12.4 Å². The van der Waals surface area contributed by atoms with E-state index in [4.69, 9.17) is 5.73 Å². The van der Waals surface area contributed by atoms with E-state index in [1.807, 2.05) is 31.2 Å². The van der Waals surface area contributed by atoms with Gasteiger partial charge >= 0.3 is 0 Å². The third-order valence-electron chi connectivity index (χ3n) is 3.57. The maximum atomic E-state index is 12.2. The van der Waals surface area contributed by atoms with E-state index in [9.17, 15) is 4.79 Å². The summed E-state index contributed by atoms with van der Waals surface area (Å²) < 4.78 is 0. The van der Waals surface area contributed by atoms with Gasteiger partial charge in [-0.05, 0) is 48.1 Å². The van der Waals surface area contributed by atoms with E-state index in [2.05, 4.69) is 31.3 Å². The second-order valence-corrected chi connectivity index (χ2v) is 6.21. The molecule has 0 aliphatic carbocycles. The van der Waals surface area contributed by atoms with Crippen molar-refractivity contribution in [3.05, 3.63) is 59.2 Å². The third-order valence-corrected chi connectivity index (χ3v) is 3.57. The molecule has 0 aliphatic heterocycles. The van der Waals surface area contributed by atoms with Gasteiger partial charge in [0.05, 0.1) is 6.42 Å². The van der Waals surface area contributed by atoms with Crippen LogP contribution < -0.4 is 11.1 Å². The number of rotatable bonds is 5. The molecule has 0 unspecified atom stereocenters. The maximum absolute atomic E-state index is 12.2. The molecule has 0 bridgehead atoms. The Morgan fingerprint density at radius 1 is 1.09 bits per heavy atom. The number of anilines is 2. The lowest BCUT2D eigenvalue weighted by atomic mass is 10.0. The van der Waals surface area contributed by atoms with Crippen molar-refractivity contribution in [2.75, 3.05) is 11.1 Å². The molecule has 2 aromatic rings. The monoisotopic (exact) mass is 332 g/mol. The summed E-state index contributed by atoms with van der Waals surface area (Å²) in [6.45, 7) is 6.36. The van der Waals surface area contributed by atoms with Gasteiger partial charge in [0.15, 0.2) is 0 Å². The van der Waals surface area contributed by atoms with Crippen molar-refractivity contribution in [2.24, 2.45) is 5.92 Å². The highest BCUT2D eigenvalue weighted by Crippen LogP contribution is 2.18. The van der Waals surface area contributed by atoms with Crippen LogP contribution in [0, 0.1) is 12.8 Å². The Kier molecular flexibility index (Phi) is 7.11. The molecule has 0 radical (unpaired) electrons. The van der Waals surface area contributed by atoms with Gasteiger partial charge in [-0.2, -0.15) is 0 Å². The summed E-state index contributed by atoms with van der Waals surface area (Å²) in [4.78, 5) is 12.2. The van der Waals surface area contributed by atoms with Gasteiger partial charge in [0, 0.05) is 11.4 Å². The van der Waals surface area contributed by atoms with E-state index in [1.54, 1.807) is 6.07 Å². The van der Waals surface area contributed by atoms with Gasteiger partial charge in [-0.15, -0.1) is 12.4 Å². The lowest BCUT2D eigenvalue weighted by Gasteiger charge is -2.10. The third kappa shape index (κ3) is 5.95. The van der Waals surface area contributed by atoms with Crippen molar-refractivity contribution < 1.29 is 4.79 Å². The number of nitrogen functional groups attached to an aromatic ring is 1. The number of hydrogen-bond donors (Lipinski definition) is 2. The molecule has 1 amide bonds. The van der Waals surface area contributed by atoms with Crippen LogP contribution in [-0.2, 0) is 17.6 Å². The molecule has 3 N–H and O–H groups in total. The number of hydrogen-bond acceptors (Lipinski definition) is 2. The van der Waals surface area contributed by atoms with Crippen LogP contribution in [0.4, 0.5) is 11.4 Å². The highest BCUT2D eigenvalue weighted by Gasteiger charge is 2.07. The molecular weight excluding hydrogens is 308 g/mol. The van der Waals surface area contributed by atoms with Crippen LogP contribution in [0.1, 0.15) is 30.5 Å². The minimum absolute atomic E-state index is 0. The molecule has 124 valence electrons. The molecule has 0 aromatic heterocycles. The fourth-order valence-electron chi connectivity index (χ4n) is 2.42. The molecule has 0 saturated carbocycles. The van der Waals surface area contributed by atoms with Gasteiger partial charge in [0.1, 0.15) is 0 Å². The quantitative estimate of drug-likeness (QED) is 0.798. The summed E-state index contributed by atoms with van der Waals surface area (Å²) in [5, 5.41) is 2.93. The van der Waals surface area contributed by atoms with Crippen molar-refractivity contribution in [3.63, 3.8) is 0 Å². The van der Waals surface area contributed by atoms with Crippen LogP contribution in [0.2, 0.25) is 0 Å². The smallest absolute Gasteiger partial charge is 0.228 e. The summed E-state index contributed by atoms with van der Waals surface area (Å²) in [6, 6.07) is 13.8. The highest BCUT2D eigenvalue weighted by molar-refractivity contribution is 5.93. The first-order valence-electron chi connectivity index (χ1n) is 7.68. The number of amides is 1. The standard InChI is InChI=1S/C19H24N2O.ClH/c1-13(2)10-15-5-7-16(8-6-15)11-19(22)21-18-12-17(20)9-4-14(18)3;/h4-9,12-13H,10-11,20H2,1-3H3,(H,21,22);1H. The Hall–Kier alpha value is -2.00. The zero-order valence-electron chi connectivity index (χ0n) is 13.9. The average Bonchev–Trinajstić information content (AvgIpc) is 2.44. The van der Waals surface area contributed by atoms with Gasteiger partial charge in [-0.25, -0.2) is 0 Å². The van der Waals surface area contributed by atoms with Crippen molar-refractivity contribution in [2.45, 2.75) is 33.6 Å². The first-order chi connectivity index (χ1) is 10.4. The lowest BCUT2D eigenvalue weighted by Crippen LogP contribution is -2.15. The molecule has 0 aliphatic rings. The molecule has 0 spiro atoms. The molecule has 0 heterocycles. The van der Waals surface area contributed by atoms with Crippen LogP contribution in [0.5, 0.6) is 0 Å². The van der Waals surface area contributed by atoms with Gasteiger partial charge in [-0.3, -0.25) is 4.79 Å². The maximum Gasteiger partial charge on any atom is 0.228 e. The summed E-state index contributed by atoms with van der Waals surface area (Å²) in [5.74, 6) is 0.617. The topological polar surface area (TPSA) is 55.1 Å². The number of carbonyl (C=O) groups excluding carboxylic acids is 1. The number of halogens is 1. The number of nitrogens with one attached hydrogen (secondary N) is 1. The molecule has 0 fully saturated rings. The first kappa shape index (κ1) is 19.0. The number of nitrogens with two attached hydrogens (primary N) is 1. The van der Waals surface area contributed by atoms with Crippen LogP contribution in [0.3, 0.4) is 0 Å². The molecule has 23 heavy (non-hydrogen) atoms. The molecule has 0 atom stereocenters. The molecule has 0 saturated heterocycles. The normalized spacial score (nSPS) is 10.3. The van der Waals surface area contributed by atoms with E-state index in [-0.39, 0.29) is 18.3 Å². The summed E-state index contributed by atoms with van der Waals surface area (Å²) in [7, 11) is 0. The van der Waals surface area contributed by atoms with E-state index in [1.165, 1.54) is 5.56 Å². The van der Waals surface area contributed by atoms with Crippen molar-refractivity contribution >= 4 is 29.7 Å². The van der Waals surface area contributed by atoms with Crippen molar-refractivity contribution in [1.82, 2.24) is 0 Å². The Morgan fingerprint density at radius 3 is 2.30 bits per heavy atom. The zero-order valence-corrected chi connectivity index (χ0v) is 14.7. The summed E-state index contributed by atoms with van der Waals surface area (Å²) in [6.07, 6.45) is 1.44. The van der Waals surface area contributed by atoms with Crippen molar-refractivity contribution in [1.29, 1.82) is 0 Å². The minimum Gasteiger partial charge on any atom is -0.399 e. The van der Waals surface area contributed by atoms with Crippen molar-refractivity contribution in [3.8, 4) is 0 Å². The number of carbonyl (C=O) groups is 1. The lowest BCUT2D eigenvalue weighted by molar-refractivity contribution is -0.115. The fourth-order valence-corrected chi connectivity index (χ4v) is 2.42. The Bertz CT molecular complexity index is 651. The van der Waals surface area contributed by atoms with Gasteiger partial charge in [0.2, 0.25) is 5.91 Å². The predicted molar refractivity (Wildman–Crippen MR) is 100 cm³/mol. The number of aryl methyl sites for hydroxylation is 1. The van der Waals surface area contributed by atoms with E-state index >= 15 is 0 Å². The second-order valence-electron chi connectivity index (χ2n) is 6.21. The molecule has 4 heteroatoms. The second kappa shape index (κ2) is 8.59. The molecule has 2 rings (SSSR count). The minimum atomic E-state index is -0.0229. The SMILES string of the molecule is Cc1ccc(N)cc1NC(=O)Cc1ccc(CC(C)C)cc1.Cl. The van der Waals surface area contributed by atoms with Crippen LogP contribution in [-0.4, -0.2) is 5.91 Å². The Morgan fingerprint density at radius 2 is 1.70 bits per heavy atom. The largest absolute Gasteiger partial charge is 0.399 e.